The highest BCUT2D eigenvalue weighted by Gasteiger charge is 2.41. The van der Waals surface area contributed by atoms with E-state index in [0.29, 0.717) is 41.3 Å². The summed E-state index contributed by atoms with van der Waals surface area (Å²) in [5, 5.41) is 4.00. The van der Waals surface area contributed by atoms with Gasteiger partial charge in [0.25, 0.3) is 0 Å². The summed E-state index contributed by atoms with van der Waals surface area (Å²) in [6.07, 6.45) is 0.998. The number of carbonyl (C=O) groups excluding carboxylic acids is 2. The van der Waals surface area contributed by atoms with Crippen LogP contribution < -0.4 is 10.1 Å². The van der Waals surface area contributed by atoms with E-state index in [4.69, 9.17) is 21.1 Å². The Labute approximate surface area is 215 Å². The van der Waals surface area contributed by atoms with E-state index in [0.717, 1.165) is 34.1 Å². The van der Waals surface area contributed by atoms with Crippen molar-refractivity contribution in [1.82, 2.24) is 5.32 Å². The number of halogens is 1. The molecular formula is C28H30ClNO4S. The van der Waals surface area contributed by atoms with Crippen molar-refractivity contribution in [2.45, 2.75) is 38.5 Å². The number of esters is 1. The Morgan fingerprint density at radius 2 is 1.89 bits per heavy atom. The lowest BCUT2D eigenvalue weighted by Crippen LogP contribution is -2.36. The maximum absolute atomic E-state index is 13.7. The zero-order chi connectivity index (χ0) is 24.9. The van der Waals surface area contributed by atoms with Crippen LogP contribution >= 0.6 is 23.4 Å². The number of nitrogens with one attached hydrogen (secondary N) is 1. The molecule has 0 fully saturated rings. The Morgan fingerprint density at radius 3 is 2.60 bits per heavy atom. The lowest BCUT2D eigenvalue weighted by atomic mass is 9.71. The van der Waals surface area contributed by atoms with Gasteiger partial charge in [-0.3, -0.25) is 4.79 Å². The molecule has 2 atom stereocenters. The maximum Gasteiger partial charge on any atom is 0.336 e. The van der Waals surface area contributed by atoms with Gasteiger partial charge in [-0.05, 0) is 48.4 Å². The number of rotatable bonds is 8. The molecule has 0 saturated heterocycles. The molecule has 35 heavy (non-hydrogen) atoms. The molecule has 1 aliphatic carbocycles. The van der Waals surface area contributed by atoms with E-state index < -0.39 is 11.9 Å². The van der Waals surface area contributed by atoms with E-state index in [1.54, 1.807) is 31.0 Å². The third-order valence-electron chi connectivity index (χ3n) is 6.49. The molecule has 0 radical (unpaired) electrons. The summed E-state index contributed by atoms with van der Waals surface area (Å²) in [5.74, 6) is 1.60. The third kappa shape index (κ3) is 5.44. The Kier molecular flexibility index (Phi) is 8.24. The molecule has 5 nitrogen and oxygen atoms in total. The summed E-state index contributed by atoms with van der Waals surface area (Å²) >= 11 is 7.87. The van der Waals surface area contributed by atoms with Crippen LogP contribution in [0.2, 0.25) is 5.02 Å². The van der Waals surface area contributed by atoms with Crippen LogP contribution in [0.4, 0.5) is 0 Å². The smallest absolute Gasteiger partial charge is 0.336 e. The van der Waals surface area contributed by atoms with Gasteiger partial charge in [-0.25, -0.2) is 4.79 Å². The van der Waals surface area contributed by atoms with Crippen LogP contribution in [-0.2, 0) is 14.3 Å². The zero-order valence-electron chi connectivity index (χ0n) is 20.2. The molecule has 7 heteroatoms. The van der Waals surface area contributed by atoms with E-state index in [2.05, 4.69) is 12.2 Å². The van der Waals surface area contributed by atoms with E-state index in [1.165, 1.54) is 0 Å². The Hall–Kier alpha value is -2.70. The minimum atomic E-state index is -0.499. The molecule has 0 unspecified atom stereocenters. The topological polar surface area (TPSA) is 64.6 Å². The van der Waals surface area contributed by atoms with E-state index in [-0.39, 0.29) is 11.7 Å². The number of hydrogen-bond donors (Lipinski definition) is 1. The third-order valence-corrected chi connectivity index (χ3v) is 7.61. The molecule has 4 rings (SSSR count). The van der Waals surface area contributed by atoms with Crippen LogP contribution in [0, 0.1) is 0 Å². The highest BCUT2D eigenvalue weighted by molar-refractivity contribution is 7.99. The van der Waals surface area contributed by atoms with Crippen molar-refractivity contribution in [3.63, 3.8) is 0 Å². The van der Waals surface area contributed by atoms with Crippen LogP contribution in [0.5, 0.6) is 5.75 Å². The van der Waals surface area contributed by atoms with Crippen molar-refractivity contribution in [1.29, 1.82) is 0 Å². The van der Waals surface area contributed by atoms with Crippen molar-refractivity contribution < 1.29 is 19.1 Å². The van der Waals surface area contributed by atoms with Crippen LogP contribution in [0.15, 0.2) is 71.1 Å². The second-order valence-corrected chi connectivity index (χ2v) is 10.5. The highest BCUT2D eigenvalue weighted by atomic mass is 35.5. The van der Waals surface area contributed by atoms with Crippen LogP contribution in [0.25, 0.3) is 0 Å². The highest BCUT2D eigenvalue weighted by Crippen LogP contribution is 2.47. The Morgan fingerprint density at radius 1 is 1.14 bits per heavy atom. The van der Waals surface area contributed by atoms with Gasteiger partial charge in [0, 0.05) is 46.0 Å². The molecule has 0 bridgehead atoms. The first-order chi connectivity index (χ1) is 16.9. The van der Waals surface area contributed by atoms with Gasteiger partial charge in [-0.15, -0.1) is 0 Å². The van der Waals surface area contributed by atoms with Crippen molar-refractivity contribution in [3.8, 4) is 5.75 Å². The summed E-state index contributed by atoms with van der Waals surface area (Å²) in [6.45, 7) is 4.28. The average Bonchev–Trinajstić information content (AvgIpc) is 2.86. The lowest BCUT2D eigenvalue weighted by molar-refractivity contribution is -0.138. The van der Waals surface area contributed by atoms with Gasteiger partial charge in [-0.1, -0.05) is 48.9 Å². The van der Waals surface area contributed by atoms with Crippen molar-refractivity contribution in [2.24, 2.45) is 0 Å². The van der Waals surface area contributed by atoms with Crippen LogP contribution in [0.3, 0.4) is 0 Å². The molecule has 0 spiro atoms. The first-order valence-corrected chi connectivity index (χ1v) is 13.3. The van der Waals surface area contributed by atoms with Crippen molar-refractivity contribution in [2.75, 3.05) is 25.2 Å². The summed E-state index contributed by atoms with van der Waals surface area (Å²) in [7, 11) is 1.65. The molecule has 2 aliphatic rings. The maximum atomic E-state index is 13.7. The second-order valence-electron chi connectivity index (χ2n) is 8.64. The molecule has 0 saturated carbocycles. The number of allylic oxidation sites excluding steroid dienone is 3. The number of thioether (sulfide) groups is 1. The molecule has 2 aromatic rings. The molecule has 1 aliphatic heterocycles. The molecule has 0 aromatic heterocycles. The van der Waals surface area contributed by atoms with Gasteiger partial charge in [0.2, 0.25) is 0 Å². The number of hydrogen-bond acceptors (Lipinski definition) is 6. The summed E-state index contributed by atoms with van der Waals surface area (Å²) in [5.41, 5.74) is 4.55. The van der Waals surface area contributed by atoms with Gasteiger partial charge in [-0.2, -0.15) is 11.8 Å². The van der Waals surface area contributed by atoms with Gasteiger partial charge in [0.05, 0.1) is 12.7 Å². The number of methoxy groups -OCH3 is 1. The SMILES string of the molecule is CCSCCOC(=O)C1=C(C)NC2=C(C(=O)C[C@H](c3ccccc3OC)C2)[C@H]1c1ccc(Cl)cc1. The number of dihydropyridines is 1. The van der Waals surface area contributed by atoms with E-state index in [1.807, 2.05) is 43.3 Å². The van der Waals surface area contributed by atoms with Gasteiger partial charge in [0.15, 0.2) is 5.78 Å². The number of carbonyl (C=O) groups is 2. The average molecular weight is 512 g/mol. The van der Waals surface area contributed by atoms with E-state index in [9.17, 15) is 9.59 Å². The predicted molar refractivity (Wildman–Crippen MR) is 141 cm³/mol. The first kappa shape index (κ1) is 25.4. The summed E-state index contributed by atoms with van der Waals surface area (Å²) in [4.78, 5) is 27.0. The molecule has 1 N–H and O–H groups in total. The monoisotopic (exact) mass is 511 g/mol. The molecule has 1 heterocycles. The second kappa shape index (κ2) is 11.4. The van der Waals surface area contributed by atoms with Crippen LogP contribution in [0.1, 0.15) is 49.7 Å². The quantitative estimate of drug-likeness (QED) is 0.346. The number of benzene rings is 2. The van der Waals surface area contributed by atoms with Gasteiger partial charge < -0.3 is 14.8 Å². The number of para-hydroxylation sites is 1. The van der Waals surface area contributed by atoms with Gasteiger partial charge in [0.1, 0.15) is 12.4 Å². The largest absolute Gasteiger partial charge is 0.496 e. The number of ketones is 1. The molecule has 0 amide bonds. The summed E-state index contributed by atoms with van der Waals surface area (Å²) < 4.78 is 11.2. The molecular weight excluding hydrogens is 482 g/mol. The van der Waals surface area contributed by atoms with E-state index >= 15 is 0 Å². The minimum Gasteiger partial charge on any atom is -0.496 e. The number of ether oxygens (including phenoxy) is 2. The zero-order valence-corrected chi connectivity index (χ0v) is 21.8. The van der Waals surface area contributed by atoms with Crippen molar-refractivity contribution in [3.05, 3.63) is 87.2 Å². The Bertz CT molecular complexity index is 1170. The molecule has 2 aromatic carbocycles. The standard InChI is InChI=1S/C28H30ClNO4S/c1-4-35-14-13-34-28(32)25-17(2)30-22-15-19(21-7-5-6-8-24(21)33-3)16-23(31)27(22)26(25)18-9-11-20(29)12-10-18/h5-12,19,26,30H,4,13-16H2,1-3H3/t19-,26+/m1/s1. The summed E-state index contributed by atoms with van der Waals surface area (Å²) in [6, 6.07) is 15.2. The first-order valence-electron chi connectivity index (χ1n) is 11.8. The normalized spacial score (nSPS) is 19.8. The Balaban J connectivity index is 1.72. The van der Waals surface area contributed by atoms with Gasteiger partial charge >= 0.3 is 5.97 Å². The van der Waals surface area contributed by atoms with Crippen LogP contribution in [-0.4, -0.2) is 37.0 Å². The molecule has 184 valence electrons. The number of Topliss-reactive ketones (excluding diaryl/α,β-unsaturated/α-hetero) is 1. The lowest BCUT2D eigenvalue weighted by Gasteiger charge is -2.37. The fourth-order valence-electron chi connectivity index (χ4n) is 4.94. The fraction of sp³-hybridized carbons (Fsp3) is 0.357. The predicted octanol–water partition coefficient (Wildman–Crippen LogP) is 6.01. The van der Waals surface area contributed by atoms with Crippen molar-refractivity contribution >= 4 is 35.1 Å². The fourth-order valence-corrected chi connectivity index (χ4v) is 5.55. The minimum absolute atomic E-state index is 0.0110.